The average molecular weight is 353 g/mol. The average Bonchev–Trinajstić information content (AvgIpc) is 2.60. The van der Waals surface area contributed by atoms with Crippen LogP contribution in [0.5, 0.6) is 0 Å². The second-order valence-corrected chi connectivity index (χ2v) is 6.47. The van der Waals surface area contributed by atoms with Crippen molar-refractivity contribution in [2.24, 2.45) is 5.92 Å². The lowest BCUT2D eigenvalue weighted by Gasteiger charge is -2.30. The van der Waals surface area contributed by atoms with Gasteiger partial charge < -0.3 is 14.2 Å². The topological polar surface area (TPSA) is 81.5 Å². The number of aryl methyl sites for hydroxylation is 1. The fraction of sp³-hybridized carbons (Fsp3) is 0.625. The molecule has 1 aromatic heterocycles. The van der Waals surface area contributed by atoms with Gasteiger partial charge in [-0.25, -0.2) is 0 Å². The molecule has 7 nitrogen and oxygen atoms in total. The molecule has 0 N–H and O–H groups in total. The Morgan fingerprint density at radius 2 is 2.04 bits per heavy atom. The lowest BCUT2D eigenvalue weighted by atomic mass is 9.97. The molecular formula is C16H23N3O4S. The van der Waals surface area contributed by atoms with E-state index in [-0.39, 0.29) is 29.1 Å². The summed E-state index contributed by atoms with van der Waals surface area (Å²) in [6.45, 7) is 5.95. The molecule has 0 aliphatic carbocycles. The number of carbonyl (C=O) groups is 2. The van der Waals surface area contributed by atoms with Gasteiger partial charge >= 0.3 is 5.97 Å². The summed E-state index contributed by atoms with van der Waals surface area (Å²) < 4.78 is 6.87. The zero-order valence-electron chi connectivity index (χ0n) is 14.1. The van der Waals surface area contributed by atoms with Crippen molar-refractivity contribution in [2.75, 3.05) is 25.4 Å². The van der Waals surface area contributed by atoms with Crippen LogP contribution in [-0.4, -0.2) is 51.8 Å². The lowest BCUT2D eigenvalue weighted by Crippen LogP contribution is -2.41. The highest BCUT2D eigenvalue weighted by molar-refractivity contribution is 7.99. The van der Waals surface area contributed by atoms with Crippen molar-refractivity contribution in [1.82, 2.24) is 14.5 Å². The molecule has 0 bridgehead atoms. The van der Waals surface area contributed by atoms with Crippen LogP contribution in [0.2, 0.25) is 0 Å². The number of hydrogen-bond acceptors (Lipinski definition) is 6. The Bertz CT molecular complexity index is 638. The van der Waals surface area contributed by atoms with Gasteiger partial charge in [0.2, 0.25) is 5.91 Å². The lowest BCUT2D eigenvalue weighted by molar-refractivity contribution is -0.151. The fourth-order valence-corrected chi connectivity index (χ4v) is 3.56. The molecule has 0 radical (unpaired) electrons. The highest BCUT2D eigenvalue weighted by Crippen LogP contribution is 2.21. The first kappa shape index (κ1) is 18.5. The molecule has 0 atom stereocenters. The van der Waals surface area contributed by atoms with Gasteiger partial charge in [0, 0.05) is 31.9 Å². The number of likely N-dealkylation sites (tertiary alicyclic amines) is 1. The molecule has 0 spiro atoms. The Labute approximate surface area is 145 Å². The summed E-state index contributed by atoms with van der Waals surface area (Å²) in [6, 6.07) is 1.41. The maximum Gasteiger partial charge on any atom is 0.309 e. The van der Waals surface area contributed by atoms with Gasteiger partial charge in [-0.2, -0.15) is 4.98 Å². The van der Waals surface area contributed by atoms with Crippen molar-refractivity contribution >= 4 is 23.6 Å². The van der Waals surface area contributed by atoms with Crippen LogP contribution in [-0.2, 0) is 20.9 Å². The minimum Gasteiger partial charge on any atom is -0.466 e. The summed E-state index contributed by atoms with van der Waals surface area (Å²) in [7, 11) is 0. The van der Waals surface area contributed by atoms with Crippen molar-refractivity contribution in [1.29, 1.82) is 0 Å². The second kappa shape index (κ2) is 8.86. The molecule has 1 aliphatic heterocycles. The fourth-order valence-electron chi connectivity index (χ4n) is 2.61. The van der Waals surface area contributed by atoms with Crippen LogP contribution in [0, 0.1) is 5.92 Å². The van der Waals surface area contributed by atoms with Crippen LogP contribution in [0.3, 0.4) is 0 Å². The molecule has 0 aromatic carbocycles. The van der Waals surface area contributed by atoms with E-state index in [4.69, 9.17) is 4.74 Å². The van der Waals surface area contributed by atoms with Gasteiger partial charge in [-0.1, -0.05) is 11.8 Å². The first-order chi connectivity index (χ1) is 11.5. The number of hydrogen-bond donors (Lipinski definition) is 0. The first-order valence-electron chi connectivity index (χ1n) is 8.19. The summed E-state index contributed by atoms with van der Waals surface area (Å²) in [5.74, 6) is -0.0363. The largest absolute Gasteiger partial charge is 0.466 e. The van der Waals surface area contributed by atoms with E-state index in [1.807, 2.05) is 11.5 Å². The number of amides is 1. The molecule has 24 heavy (non-hydrogen) atoms. The van der Waals surface area contributed by atoms with E-state index >= 15 is 0 Å². The number of rotatable bonds is 6. The monoisotopic (exact) mass is 353 g/mol. The van der Waals surface area contributed by atoms with Crippen molar-refractivity contribution < 1.29 is 14.3 Å². The smallest absolute Gasteiger partial charge is 0.309 e. The SMILES string of the molecule is CCOC(=O)C1CCN(C(=O)CSc2nc(=O)ccn2CC)CC1. The molecule has 132 valence electrons. The van der Waals surface area contributed by atoms with Gasteiger partial charge in [-0.15, -0.1) is 0 Å². The van der Waals surface area contributed by atoms with Crippen LogP contribution in [0.1, 0.15) is 26.7 Å². The van der Waals surface area contributed by atoms with Gasteiger partial charge in [0.25, 0.3) is 5.56 Å². The van der Waals surface area contributed by atoms with Crippen LogP contribution >= 0.6 is 11.8 Å². The number of piperidine rings is 1. The summed E-state index contributed by atoms with van der Waals surface area (Å²) in [4.78, 5) is 41.1. The molecular weight excluding hydrogens is 330 g/mol. The van der Waals surface area contributed by atoms with E-state index in [2.05, 4.69) is 4.98 Å². The molecule has 1 aromatic rings. The molecule has 2 heterocycles. The van der Waals surface area contributed by atoms with Crippen LogP contribution in [0.4, 0.5) is 0 Å². The normalized spacial score (nSPS) is 15.3. The minimum atomic E-state index is -0.301. The van der Waals surface area contributed by atoms with Crippen molar-refractivity contribution in [2.45, 2.75) is 38.4 Å². The third-order valence-electron chi connectivity index (χ3n) is 3.98. The zero-order chi connectivity index (χ0) is 17.5. The van der Waals surface area contributed by atoms with Gasteiger partial charge in [-0.3, -0.25) is 14.4 Å². The van der Waals surface area contributed by atoms with Crippen LogP contribution in [0.15, 0.2) is 22.2 Å². The third kappa shape index (κ3) is 4.83. The highest BCUT2D eigenvalue weighted by atomic mass is 32.2. The first-order valence-corrected chi connectivity index (χ1v) is 9.18. The molecule has 1 saturated heterocycles. The molecule has 8 heteroatoms. The number of nitrogens with zero attached hydrogens (tertiary/aromatic N) is 3. The van der Waals surface area contributed by atoms with E-state index < -0.39 is 0 Å². The number of aromatic nitrogens is 2. The Hall–Kier alpha value is -1.83. The Kier molecular flexibility index (Phi) is 6.84. The molecule has 1 amide bonds. The number of ether oxygens (including phenoxy) is 1. The van der Waals surface area contributed by atoms with E-state index in [0.717, 1.165) is 0 Å². The number of thioether (sulfide) groups is 1. The zero-order valence-corrected chi connectivity index (χ0v) is 14.9. The molecule has 0 saturated carbocycles. The number of carbonyl (C=O) groups excluding carboxylic acids is 2. The summed E-state index contributed by atoms with van der Waals surface area (Å²) in [5, 5.41) is 0.555. The maximum absolute atomic E-state index is 12.3. The maximum atomic E-state index is 12.3. The van der Waals surface area contributed by atoms with E-state index in [1.165, 1.54) is 17.8 Å². The molecule has 2 rings (SSSR count). The third-order valence-corrected chi connectivity index (χ3v) is 4.96. The van der Waals surface area contributed by atoms with Gasteiger partial charge in [0.15, 0.2) is 5.16 Å². The van der Waals surface area contributed by atoms with Gasteiger partial charge in [-0.05, 0) is 26.7 Å². The quantitative estimate of drug-likeness (QED) is 0.434. The van der Waals surface area contributed by atoms with Crippen molar-refractivity contribution in [3.8, 4) is 0 Å². The molecule has 0 unspecified atom stereocenters. The molecule has 1 fully saturated rings. The second-order valence-electron chi connectivity index (χ2n) is 5.53. The molecule has 1 aliphatic rings. The van der Waals surface area contributed by atoms with Crippen LogP contribution < -0.4 is 5.56 Å². The summed E-state index contributed by atoms with van der Waals surface area (Å²) in [6.07, 6.45) is 2.96. The predicted octanol–water partition coefficient (Wildman–Crippen LogP) is 1.16. The van der Waals surface area contributed by atoms with Gasteiger partial charge in [0.05, 0.1) is 18.3 Å². The van der Waals surface area contributed by atoms with Crippen molar-refractivity contribution in [3.05, 3.63) is 22.6 Å². The van der Waals surface area contributed by atoms with E-state index in [0.29, 0.717) is 44.2 Å². The summed E-state index contributed by atoms with van der Waals surface area (Å²) >= 11 is 1.27. The minimum absolute atomic E-state index is 0.00284. The van der Waals surface area contributed by atoms with E-state index in [1.54, 1.807) is 18.0 Å². The predicted molar refractivity (Wildman–Crippen MR) is 90.8 cm³/mol. The van der Waals surface area contributed by atoms with Crippen molar-refractivity contribution in [3.63, 3.8) is 0 Å². The van der Waals surface area contributed by atoms with Crippen LogP contribution in [0.25, 0.3) is 0 Å². The standard InChI is InChI=1S/C16H23N3O4S/c1-3-18-10-7-13(20)17-16(18)24-11-14(21)19-8-5-12(6-9-19)15(22)23-4-2/h7,10,12H,3-6,8-9,11H2,1-2H3. The highest BCUT2D eigenvalue weighted by Gasteiger charge is 2.28. The Morgan fingerprint density at radius 3 is 2.67 bits per heavy atom. The Balaban J connectivity index is 1.85. The van der Waals surface area contributed by atoms with E-state index in [9.17, 15) is 14.4 Å². The number of esters is 1. The van der Waals surface area contributed by atoms with Gasteiger partial charge in [0.1, 0.15) is 0 Å². The summed E-state index contributed by atoms with van der Waals surface area (Å²) in [5.41, 5.74) is -0.301. The Morgan fingerprint density at radius 1 is 1.33 bits per heavy atom.